The normalized spacial score (nSPS) is 9.21. The first-order valence-electron chi connectivity index (χ1n) is 3.62. The SMILES string of the molecule is O=C(NNC(=S)[S-])c1ccc(Cl)cc1. The summed E-state index contributed by atoms with van der Waals surface area (Å²) in [6.07, 6.45) is 0. The van der Waals surface area contributed by atoms with E-state index in [2.05, 4.69) is 35.7 Å². The van der Waals surface area contributed by atoms with Crippen LogP contribution in [0.5, 0.6) is 0 Å². The van der Waals surface area contributed by atoms with Crippen molar-refractivity contribution < 1.29 is 4.79 Å². The van der Waals surface area contributed by atoms with Crippen LogP contribution in [0.4, 0.5) is 0 Å². The fourth-order valence-electron chi connectivity index (χ4n) is 0.781. The van der Waals surface area contributed by atoms with Crippen molar-refractivity contribution in [2.75, 3.05) is 0 Å². The van der Waals surface area contributed by atoms with Gasteiger partial charge in [-0.2, -0.15) is 0 Å². The number of nitrogens with one attached hydrogen (secondary N) is 2. The Labute approximate surface area is 97.2 Å². The molecule has 14 heavy (non-hydrogen) atoms. The van der Waals surface area contributed by atoms with Crippen LogP contribution in [0.2, 0.25) is 5.02 Å². The van der Waals surface area contributed by atoms with Gasteiger partial charge in [0.05, 0.1) is 0 Å². The van der Waals surface area contributed by atoms with E-state index in [0.29, 0.717) is 10.6 Å². The second-order valence-electron chi connectivity index (χ2n) is 2.37. The van der Waals surface area contributed by atoms with Crippen LogP contribution in [-0.4, -0.2) is 10.2 Å². The molecule has 0 bridgehead atoms. The van der Waals surface area contributed by atoms with Gasteiger partial charge in [0.1, 0.15) is 0 Å². The number of amides is 1. The van der Waals surface area contributed by atoms with E-state index in [4.69, 9.17) is 11.6 Å². The smallest absolute Gasteiger partial charge is 0.269 e. The molecule has 0 fully saturated rings. The van der Waals surface area contributed by atoms with Crippen LogP contribution in [0.3, 0.4) is 0 Å². The molecule has 0 aliphatic carbocycles. The largest absolute Gasteiger partial charge is 0.410 e. The molecule has 74 valence electrons. The highest BCUT2D eigenvalue weighted by Gasteiger charge is 2.02. The van der Waals surface area contributed by atoms with E-state index in [1.54, 1.807) is 24.3 Å². The Morgan fingerprint density at radius 3 is 2.36 bits per heavy atom. The molecular weight excluding hydrogens is 240 g/mol. The molecule has 0 aliphatic rings. The van der Waals surface area contributed by atoms with Crippen molar-refractivity contribution in [2.45, 2.75) is 0 Å². The summed E-state index contributed by atoms with van der Waals surface area (Å²) in [6.45, 7) is 0. The number of hydrogen-bond donors (Lipinski definition) is 2. The number of hydrazine groups is 1. The molecule has 6 heteroatoms. The predicted molar refractivity (Wildman–Crippen MR) is 62.0 cm³/mol. The molecule has 1 aromatic rings. The molecule has 1 aromatic carbocycles. The molecule has 1 rings (SSSR count). The van der Waals surface area contributed by atoms with Crippen molar-refractivity contribution >= 4 is 46.7 Å². The third-order valence-corrected chi connectivity index (χ3v) is 1.84. The molecule has 3 nitrogen and oxygen atoms in total. The van der Waals surface area contributed by atoms with Crippen LogP contribution in [0.25, 0.3) is 0 Å². The summed E-state index contributed by atoms with van der Waals surface area (Å²) in [5.74, 6) is -0.311. The van der Waals surface area contributed by atoms with Gasteiger partial charge in [-0.15, -0.1) is 0 Å². The van der Waals surface area contributed by atoms with Crippen molar-refractivity contribution in [3.8, 4) is 0 Å². The molecule has 0 radical (unpaired) electrons. The first kappa shape index (κ1) is 11.2. The van der Waals surface area contributed by atoms with E-state index in [9.17, 15) is 4.79 Å². The molecule has 0 unspecified atom stereocenters. The lowest BCUT2D eigenvalue weighted by molar-refractivity contribution is 0.0944. The maximum absolute atomic E-state index is 11.3. The molecule has 0 heterocycles. The van der Waals surface area contributed by atoms with E-state index >= 15 is 0 Å². The summed E-state index contributed by atoms with van der Waals surface area (Å²) >= 11 is 14.8. The molecule has 0 saturated carbocycles. The number of benzene rings is 1. The zero-order valence-electron chi connectivity index (χ0n) is 6.91. The van der Waals surface area contributed by atoms with Crippen molar-refractivity contribution in [1.29, 1.82) is 0 Å². The molecule has 2 N–H and O–H groups in total. The molecule has 0 aliphatic heterocycles. The Hall–Kier alpha value is -0.910. The summed E-state index contributed by atoms with van der Waals surface area (Å²) in [6, 6.07) is 6.46. The number of carbonyl (C=O) groups excluding carboxylic acids is 1. The van der Waals surface area contributed by atoms with Gasteiger partial charge >= 0.3 is 0 Å². The van der Waals surface area contributed by atoms with Gasteiger partial charge < -0.3 is 30.3 Å². The number of rotatable bonds is 1. The van der Waals surface area contributed by atoms with E-state index in [-0.39, 0.29) is 10.2 Å². The molecular formula is C8H6ClN2OS2-. The fraction of sp³-hybridized carbons (Fsp3) is 0. The van der Waals surface area contributed by atoms with Crippen LogP contribution in [0.1, 0.15) is 10.4 Å². The van der Waals surface area contributed by atoms with Crippen molar-refractivity contribution in [2.24, 2.45) is 0 Å². The third-order valence-electron chi connectivity index (χ3n) is 1.38. The number of carbonyl (C=O) groups is 1. The Bertz CT molecular complexity index is 353. The number of halogens is 1. The quantitative estimate of drug-likeness (QED) is 0.446. The van der Waals surface area contributed by atoms with Crippen LogP contribution in [0.15, 0.2) is 24.3 Å². The van der Waals surface area contributed by atoms with Crippen molar-refractivity contribution in [3.63, 3.8) is 0 Å². The highest BCUT2D eigenvalue weighted by atomic mass is 35.5. The topological polar surface area (TPSA) is 41.1 Å². The standard InChI is InChI=1S/C8H7ClN2OS2/c9-6-3-1-5(2-4-6)7(12)10-11-8(13)14/h1-4H,(H,10,12)(H2,11,13,14)/p-1. The lowest BCUT2D eigenvalue weighted by Crippen LogP contribution is -2.39. The van der Waals surface area contributed by atoms with Crippen molar-refractivity contribution in [1.82, 2.24) is 10.9 Å². The van der Waals surface area contributed by atoms with Gasteiger partial charge in [-0.25, -0.2) is 0 Å². The minimum atomic E-state index is -0.311. The van der Waals surface area contributed by atoms with Gasteiger partial charge in [-0.05, 0) is 28.6 Å². The second-order valence-corrected chi connectivity index (χ2v) is 3.88. The summed E-state index contributed by atoms with van der Waals surface area (Å²) < 4.78 is 0.0901. The number of hydrogen-bond acceptors (Lipinski definition) is 3. The molecule has 0 spiro atoms. The Kier molecular flexibility index (Phi) is 4.06. The van der Waals surface area contributed by atoms with Gasteiger partial charge in [-0.3, -0.25) is 10.2 Å². The van der Waals surface area contributed by atoms with Gasteiger partial charge in [0.15, 0.2) is 0 Å². The van der Waals surface area contributed by atoms with Gasteiger partial charge in [0.25, 0.3) is 5.91 Å². The molecule has 0 saturated heterocycles. The fourth-order valence-corrected chi connectivity index (χ4v) is 1.01. The lowest BCUT2D eigenvalue weighted by atomic mass is 10.2. The second kappa shape index (κ2) is 5.09. The summed E-state index contributed by atoms with van der Waals surface area (Å²) in [7, 11) is 0. The highest BCUT2D eigenvalue weighted by Crippen LogP contribution is 2.08. The predicted octanol–water partition coefficient (Wildman–Crippen LogP) is 1.41. The summed E-state index contributed by atoms with van der Waals surface area (Å²) in [5.41, 5.74) is 5.19. The minimum Gasteiger partial charge on any atom is -0.410 e. The maximum atomic E-state index is 11.3. The zero-order chi connectivity index (χ0) is 10.6. The van der Waals surface area contributed by atoms with Gasteiger partial charge in [-0.1, -0.05) is 11.6 Å². The Morgan fingerprint density at radius 2 is 1.86 bits per heavy atom. The maximum Gasteiger partial charge on any atom is 0.269 e. The monoisotopic (exact) mass is 245 g/mol. The Balaban J connectivity index is 2.61. The Morgan fingerprint density at radius 1 is 1.29 bits per heavy atom. The third kappa shape index (κ3) is 3.45. The molecule has 1 amide bonds. The first-order valence-corrected chi connectivity index (χ1v) is 4.82. The number of thiocarbonyl (C=S) groups is 1. The van der Waals surface area contributed by atoms with Gasteiger partial charge in [0, 0.05) is 10.6 Å². The zero-order valence-corrected chi connectivity index (χ0v) is 9.30. The van der Waals surface area contributed by atoms with E-state index < -0.39 is 0 Å². The summed E-state index contributed by atoms with van der Waals surface area (Å²) in [5, 5.41) is 0.577. The average Bonchev–Trinajstić information content (AvgIpc) is 2.15. The van der Waals surface area contributed by atoms with E-state index in [1.165, 1.54) is 0 Å². The molecule has 0 aromatic heterocycles. The molecule has 0 atom stereocenters. The van der Waals surface area contributed by atoms with Gasteiger partial charge in [0.2, 0.25) is 0 Å². The highest BCUT2D eigenvalue weighted by molar-refractivity contribution is 8.00. The van der Waals surface area contributed by atoms with E-state index in [0.717, 1.165) is 0 Å². The minimum absolute atomic E-state index is 0.0901. The van der Waals surface area contributed by atoms with Crippen LogP contribution in [0, 0.1) is 0 Å². The van der Waals surface area contributed by atoms with Crippen LogP contribution >= 0.6 is 23.8 Å². The lowest BCUT2D eigenvalue weighted by Gasteiger charge is -2.10. The van der Waals surface area contributed by atoms with Crippen molar-refractivity contribution in [3.05, 3.63) is 34.9 Å². The average molecular weight is 246 g/mol. The van der Waals surface area contributed by atoms with E-state index in [1.807, 2.05) is 0 Å². The van der Waals surface area contributed by atoms with Crippen LogP contribution < -0.4 is 10.9 Å². The summed E-state index contributed by atoms with van der Waals surface area (Å²) in [4.78, 5) is 11.3. The van der Waals surface area contributed by atoms with Crippen LogP contribution in [-0.2, 0) is 12.6 Å². The first-order chi connectivity index (χ1) is 6.59.